The van der Waals surface area contributed by atoms with Crippen molar-refractivity contribution in [2.24, 2.45) is 11.3 Å². The van der Waals surface area contributed by atoms with Crippen molar-refractivity contribution in [3.05, 3.63) is 0 Å². The highest BCUT2D eigenvalue weighted by Gasteiger charge is 2.33. The standard InChI is InChI=1S/C18H36N2/c1-6-20-13-11-17(12-14-20)19(5)16-9-7-15(8-10-16)18(2,3)4/h15-17H,6-14H2,1-5H3/t15-,16-. The lowest BCUT2D eigenvalue weighted by molar-refractivity contribution is 0.0570. The number of hydrogen-bond donors (Lipinski definition) is 0. The molecule has 0 N–H and O–H groups in total. The highest BCUT2D eigenvalue weighted by molar-refractivity contribution is 4.87. The average Bonchev–Trinajstić information content (AvgIpc) is 2.46. The van der Waals surface area contributed by atoms with Gasteiger partial charge in [-0.3, -0.25) is 0 Å². The Morgan fingerprint density at radius 1 is 0.900 bits per heavy atom. The second-order valence-electron chi connectivity index (χ2n) is 8.20. The Morgan fingerprint density at radius 2 is 1.40 bits per heavy atom. The zero-order valence-corrected chi connectivity index (χ0v) is 14.5. The van der Waals surface area contributed by atoms with Gasteiger partial charge in [-0.05, 0) is 76.5 Å². The fraction of sp³-hybridized carbons (Fsp3) is 1.00. The van der Waals surface area contributed by atoms with Crippen LogP contribution in [0.2, 0.25) is 0 Å². The molecule has 1 aliphatic carbocycles. The molecule has 0 spiro atoms. The van der Waals surface area contributed by atoms with Gasteiger partial charge in [0.1, 0.15) is 0 Å². The molecule has 0 aromatic heterocycles. The smallest absolute Gasteiger partial charge is 0.0119 e. The van der Waals surface area contributed by atoms with Crippen LogP contribution in [0.4, 0.5) is 0 Å². The lowest BCUT2D eigenvalue weighted by Gasteiger charge is -2.44. The van der Waals surface area contributed by atoms with Gasteiger partial charge in [0.15, 0.2) is 0 Å². The van der Waals surface area contributed by atoms with Gasteiger partial charge in [-0.2, -0.15) is 0 Å². The van der Waals surface area contributed by atoms with Crippen molar-refractivity contribution in [3.63, 3.8) is 0 Å². The summed E-state index contributed by atoms with van der Waals surface area (Å²) in [6.07, 6.45) is 8.48. The van der Waals surface area contributed by atoms with Crippen LogP contribution in [0.3, 0.4) is 0 Å². The Kier molecular flexibility index (Phi) is 5.53. The summed E-state index contributed by atoms with van der Waals surface area (Å²) in [6, 6.07) is 1.70. The molecule has 0 amide bonds. The topological polar surface area (TPSA) is 6.48 Å². The molecule has 118 valence electrons. The summed E-state index contributed by atoms with van der Waals surface area (Å²) in [5, 5.41) is 0. The van der Waals surface area contributed by atoms with Crippen LogP contribution in [0.25, 0.3) is 0 Å². The molecule has 0 atom stereocenters. The Bertz CT molecular complexity index is 278. The summed E-state index contributed by atoms with van der Waals surface area (Å²) in [6.45, 7) is 13.4. The van der Waals surface area contributed by atoms with Gasteiger partial charge in [0.05, 0.1) is 0 Å². The van der Waals surface area contributed by atoms with Gasteiger partial charge in [0.25, 0.3) is 0 Å². The lowest BCUT2D eigenvalue weighted by atomic mass is 9.71. The summed E-state index contributed by atoms with van der Waals surface area (Å²) in [4.78, 5) is 5.34. The van der Waals surface area contributed by atoms with E-state index in [1.54, 1.807) is 0 Å². The first kappa shape index (κ1) is 16.3. The van der Waals surface area contributed by atoms with E-state index in [4.69, 9.17) is 0 Å². The van der Waals surface area contributed by atoms with Crippen LogP contribution in [0.1, 0.15) is 66.2 Å². The number of hydrogen-bond acceptors (Lipinski definition) is 2. The van der Waals surface area contributed by atoms with Crippen LogP contribution < -0.4 is 0 Å². The van der Waals surface area contributed by atoms with Gasteiger partial charge >= 0.3 is 0 Å². The molecule has 2 nitrogen and oxygen atoms in total. The maximum Gasteiger partial charge on any atom is 0.0119 e. The molecule has 0 unspecified atom stereocenters. The van der Waals surface area contributed by atoms with E-state index < -0.39 is 0 Å². The van der Waals surface area contributed by atoms with Crippen LogP contribution in [-0.2, 0) is 0 Å². The summed E-state index contributed by atoms with van der Waals surface area (Å²) in [5.41, 5.74) is 0.510. The third-order valence-electron chi connectivity index (χ3n) is 6.08. The molecule has 1 saturated heterocycles. The van der Waals surface area contributed by atoms with E-state index in [9.17, 15) is 0 Å². The van der Waals surface area contributed by atoms with Crippen molar-refractivity contribution in [3.8, 4) is 0 Å². The van der Waals surface area contributed by atoms with E-state index in [-0.39, 0.29) is 0 Å². The quantitative estimate of drug-likeness (QED) is 0.771. The van der Waals surface area contributed by atoms with E-state index in [1.807, 2.05) is 0 Å². The number of piperidine rings is 1. The van der Waals surface area contributed by atoms with Crippen LogP contribution in [0.15, 0.2) is 0 Å². The SMILES string of the molecule is CCN1CCC(N(C)[C@H]2CC[C@H](C(C)(C)C)CC2)CC1. The molecule has 1 aliphatic heterocycles. The first-order valence-electron chi connectivity index (χ1n) is 8.86. The molecular weight excluding hydrogens is 244 g/mol. The molecule has 1 heterocycles. The summed E-state index contributed by atoms with van der Waals surface area (Å²) < 4.78 is 0. The molecule has 20 heavy (non-hydrogen) atoms. The zero-order chi connectivity index (χ0) is 14.8. The molecule has 0 aromatic carbocycles. The first-order chi connectivity index (χ1) is 9.41. The van der Waals surface area contributed by atoms with E-state index in [2.05, 4.69) is 44.5 Å². The van der Waals surface area contributed by atoms with Crippen LogP contribution in [-0.4, -0.2) is 48.6 Å². The molecule has 2 fully saturated rings. The largest absolute Gasteiger partial charge is 0.303 e. The van der Waals surface area contributed by atoms with Crippen molar-refractivity contribution in [2.75, 3.05) is 26.7 Å². The highest BCUT2D eigenvalue weighted by Crippen LogP contribution is 2.39. The van der Waals surface area contributed by atoms with Gasteiger partial charge in [0, 0.05) is 12.1 Å². The maximum absolute atomic E-state index is 2.74. The molecule has 2 aliphatic rings. The fourth-order valence-electron chi connectivity index (χ4n) is 4.29. The van der Waals surface area contributed by atoms with E-state index in [0.29, 0.717) is 5.41 Å². The van der Waals surface area contributed by atoms with E-state index >= 15 is 0 Å². The molecule has 2 heteroatoms. The summed E-state index contributed by atoms with van der Waals surface area (Å²) in [5.74, 6) is 0.939. The first-order valence-corrected chi connectivity index (χ1v) is 8.86. The maximum atomic E-state index is 2.74. The summed E-state index contributed by atoms with van der Waals surface area (Å²) in [7, 11) is 2.40. The molecule has 2 rings (SSSR count). The second kappa shape index (κ2) is 6.79. The summed E-state index contributed by atoms with van der Waals surface area (Å²) >= 11 is 0. The second-order valence-corrected chi connectivity index (χ2v) is 8.20. The van der Waals surface area contributed by atoms with Gasteiger partial charge in [-0.1, -0.05) is 27.7 Å². The van der Waals surface area contributed by atoms with E-state index in [0.717, 1.165) is 18.0 Å². The molecule has 0 radical (unpaired) electrons. The fourth-order valence-corrected chi connectivity index (χ4v) is 4.29. The number of nitrogens with zero attached hydrogens (tertiary/aromatic N) is 2. The third kappa shape index (κ3) is 3.98. The molecule has 1 saturated carbocycles. The predicted octanol–water partition coefficient (Wildman–Crippen LogP) is 4.01. The van der Waals surface area contributed by atoms with Crippen molar-refractivity contribution in [2.45, 2.75) is 78.3 Å². The highest BCUT2D eigenvalue weighted by atomic mass is 15.2. The monoisotopic (exact) mass is 280 g/mol. The average molecular weight is 280 g/mol. The third-order valence-corrected chi connectivity index (χ3v) is 6.08. The lowest BCUT2D eigenvalue weighted by Crippen LogP contribution is -2.48. The molecule has 0 bridgehead atoms. The Hall–Kier alpha value is -0.0800. The minimum Gasteiger partial charge on any atom is -0.303 e. The zero-order valence-electron chi connectivity index (χ0n) is 14.5. The van der Waals surface area contributed by atoms with Crippen molar-refractivity contribution in [1.82, 2.24) is 9.80 Å². The molecular formula is C18H36N2. The Morgan fingerprint density at radius 3 is 1.85 bits per heavy atom. The van der Waals surface area contributed by atoms with E-state index in [1.165, 1.54) is 58.2 Å². The van der Waals surface area contributed by atoms with Gasteiger partial charge in [0.2, 0.25) is 0 Å². The van der Waals surface area contributed by atoms with Crippen LogP contribution in [0, 0.1) is 11.3 Å². The van der Waals surface area contributed by atoms with Gasteiger partial charge in [-0.25, -0.2) is 0 Å². The Labute approximate surface area is 126 Å². The number of rotatable bonds is 3. The normalized spacial score (nSPS) is 30.9. The van der Waals surface area contributed by atoms with Crippen molar-refractivity contribution < 1.29 is 0 Å². The number of likely N-dealkylation sites (tertiary alicyclic amines) is 1. The van der Waals surface area contributed by atoms with Crippen molar-refractivity contribution >= 4 is 0 Å². The minimum atomic E-state index is 0.510. The van der Waals surface area contributed by atoms with Crippen LogP contribution in [0.5, 0.6) is 0 Å². The molecule has 0 aromatic rings. The Balaban J connectivity index is 1.79. The minimum absolute atomic E-state index is 0.510. The van der Waals surface area contributed by atoms with Gasteiger partial charge < -0.3 is 9.80 Å². The van der Waals surface area contributed by atoms with Crippen molar-refractivity contribution in [1.29, 1.82) is 0 Å². The predicted molar refractivity (Wildman–Crippen MR) is 88.1 cm³/mol. The van der Waals surface area contributed by atoms with Gasteiger partial charge in [-0.15, -0.1) is 0 Å². The van der Waals surface area contributed by atoms with Crippen LogP contribution >= 0.6 is 0 Å².